The third-order valence-corrected chi connectivity index (χ3v) is 6.93. The zero-order valence-electron chi connectivity index (χ0n) is 18.9. The maximum atomic E-state index is 13.0. The summed E-state index contributed by atoms with van der Waals surface area (Å²) in [5.41, 5.74) is -0.133. The predicted octanol–water partition coefficient (Wildman–Crippen LogP) is 2.43. The molecule has 190 valence electrons. The standard InChI is InChI=1S/C21H20ClF2N7O4S/c1-10(28-19(32)12-5-13(22)7-14(6-12)36(34,35)21(23)24)18-29-17(11-3-4-11)30-31(18)16-8-15(20(33)25-2)26-9-27-16/h5-11,21H,3-4H2,1-2H3,(H,25,33)(H,28,32)/t10-/m0/s1. The molecule has 2 N–H and O–H groups in total. The van der Waals surface area contributed by atoms with Crippen LogP contribution in [0.25, 0.3) is 5.82 Å². The van der Waals surface area contributed by atoms with Crippen LogP contribution in [0.3, 0.4) is 0 Å². The highest BCUT2D eigenvalue weighted by Crippen LogP contribution is 2.38. The molecule has 0 saturated heterocycles. The average molecular weight is 540 g/mol. The summed E-state index contributed by atoms with van der Waals surface area (Å²) in [6.45, 7) is 1.61. The van der Waals surface area contributed by atoms with E-state index >= 15 is 0 Å². The van der Waals surface area contributed by atoms with Crippen molar-refractivity contribution in [1.29, 1.82) is 0 Å². The number of amides is 2. The van der Waals surface area contributed by atoms with E-state index in [-0.39, 0.29) is 33.8 Å². The monoisotopic (exact) mass is 539 g/mol. The van der Waals surface area contributed by atoms with Crippen LogP contribution < -0.4 is 10.6 Å². The highest BCUT2D eigenvalue weighted by molar-refractivity contribution is 7.91. The molecule has 2 aromatic heterocycles. The van der Waals surface area contributed by atoms with Crippen LogP contribution in [0.2, 0.25) is 5.02 Å². The predicted molar refractivity (Wildman–Crippen MR) is 123 cm³/mol. The van der Waals surface area contributed by atoms with Crippen LogP contribution in [0.5, 0.6) is 0 Å². The Morgan fingerprint density at radius 2 is 1.86 bits per heavy atom. The van der Waals surface area contributed by atoms with Gasteiger partial charge in [0.15, 0.2) is 17.5 Å². The van der Waals surface area contributed by atoms with Gasteiger partial charge in [0, 0.05) is 29.6 Å². The molecule has 4 rings (SSSR count). The molecule has 1 atom stereocenters. The first-order valence-electron chi connectivity index (χ1n) is 10.7. The van der Waals surface area contributed by atoms with Crippen LogP contribution in [0.1, 0.15) is 64.2 Å². The Balaban J connectivity index is 1.66. The van der Waals surface area contributed by atoms with E-state index in [1.165, 1.54) is 24.1 Å². The fourth-order valence-corrected chi connectivity index (χ4v) is 4.41. The smallest absolute Gasteiger partial charge is 0.341 e. The molecule has 0 radical (unpaired) electrons. The normalized spacial score (nSPS) is 14.5. The highest BCUT2D eigenvalue weighted by atomic mass is 35.5. The van der Waals surface area contributed by atoms with Crippen LogP contribution in [-0.2, 0) is 9.84 Å². The van der Waals surface area contributed by atoms with E-state index in [9.17, 15) is 26.8 Å². The second kappa shape index (κ2) is 9.85. The summed E-state index contributed by atoms with van der Waals surface area (Å²) in [5, 5.41) is 9.42. The number of alkyl halides is 2. The molecule has 0 aliphatic heterocycles. The minimum atomic E-state index is -4.96. The molecule has 1 fully saturated rings. The third-order valence-electron chi connectivity index (χ3n) is 5.35. The van der Waals surface area contributed by atoms with Crippen molar-refractivity contribution in [3.05, 3.63) is 58.5 Å². The minimum Gasteiger partial charge on any atom is -0.354 e. The molecule has 11 nitrogen and oxygen atoms in total. The van der Waals surface area contributed by atoms with Crippen molar-refractivity contribution in [2.24, 2.45) is 0 Å². The van der Waals surface area contributed by atoms with Crippen molar-refractivity contribution in [3.8, 4) is 5.82 Å². The number of carbonyl (C=O) groups is 2. The van der Waals surface area contributed by atoms with Crippen molar-refractivity contribution in [2.45, 2.75) is 42.4 Å². The molecular formula is C21H20ClF2N7O4S. The van der Waals surface area contributed by atoms with E-state index in [1.807, 2.05) is 0 Å². The Bertz CT molecular complexity index is 1440. The lowest BCUT2D eigenvalue weighted by Crippen LogP contribution is -2.29. The lowest BCUT2D eigenvalue weighted by Gasteiger charge is -2.15. The number of rotatable bonds is 8. The van der Waals surface area contributed by atoms with Gasteiger partial charge in [0.2, 0.25) is 9.84 Å². The van der Waals surface area contributed by atoms with Crippen LogP contribution in [0.15, 0.2) is 35.5 Å². The maximum Gasteiger partial charge on any atom is 0.341 e. The van der Waals surface area contributed by atoms with Gasteiger partial charge in [0.1, 0.15) is 12.0 Å². The van der Waals surface area contributed by atoms with E-state index in [1.54, 1.807) is 6.92 Å². The van der Waals surface area contributed by atoms with Crippen LogP contribution in [0.4, 0.5) is 8.78 Å². The van der Waals surface area contributed by atoms with Gasteiger partial charge in [-0.3, -0.25) is 9.59 Å². The highest BCUT2D eigenvalue weighted by Gasteiger charge is 2.32. The quantitative estimate of drug-likeness (QED) is 0.443. The number of halogens is 3. The van der Waals surface area contributed by atoms with Crippen molar-refractivity contribution in [3.63, 3.8) is 0 Å². The van der Waals surface area contributed by atoms with Crippen LogP contribution in [0, 0.1) is 0 Å². The molecule has 2 amide bonds. The summed E-state index contributed by atoms with van der Waals surface area (Å²) >= 11 is 5.90. The zero-order valence-corrected chi connectivity index (χ0v) is 20.5. The summed E-state index contributed by atoms with van der Waals surface area (Å²) in [6.07, 6.45) is 3.01. The molecule has 1 aliphatic carbocycles. The zero-order chi connectivity index (χ0) is 26.2. The third kappa shape index (κ3) is 5.18. The molecule has 1 aliphatic rings. The van der Waals surface area contributed by atoms with Gasteiger partial charge in [-0.15, -0.1) is 5.10 Å². The molecule has 2 heterocycles. The van der Waals surface area contributed by atoms with Crippen LogP contribution >= 0.6 is 11.6 Å². The first-order chi connectivity index (χ1) is 17.0. The molecule has 1 aromatic carbocycles. The molecule has 0 unspecified atom stereocenters. The van der Waals surface area contributed by atoms with Gasteiger partial charge in [0.25, 0.3) is 11.8 Å². The van der Waals surface area contributed by atoms with Crippen molar-refractivity contribution >= 4 is 33.3 Å². The number of hydrogen-bond donors (Lipinski definition) is 2. The lowest BCUT2D eigenvalue weighted by molar-refractivity contribution is 0.0935. The molecule has 1 saturated carbocycles. The molecule has 36 heavy (non-hydrogen) atoms. The second-order valence-corrected chi connectivity index (χ2v) is 10.4. The van der Waals surface area contributed by atoms with Crippen LogP contribution in [-0.4, -0.2) is 57.8 Å². The second-order valence-electron chi connectivity index (χ2n) is 8.03. The lowest BCUT2D eigenvalue weighted by atomic mass is 10.2. The summed E-state index contributed by atoms with van der Waals surface area (Å²) in [7, 11) is -3.50. The molecule has 3 aromatic rings. The fraction of sp³-hybridized carbons (Fsp3) is 0.333. The number of carbonyl (C=O) groups excluding carboxylic acids is 2. The SMILES string of the molecule is CNC(=O)c1cc(-n2nc(C3CC3)nc2[C@H](C)NC(=O)c2cc(Cl)cc(S(=O)(=O)C(F)F)c2)ncn1. The number of aromatic nitrogens is 5. The Morgan fingerprint density at radius 1 is 1.14 bits per heavy atom. The number of hydrogen-bond acceptors (Lipinski definition) is 8. The van der Waals surface area contributed by atoms with Gasteiger partial charge in [-0.1, -0.05) is 11.6 Å². The summed E-state index contributed by atoms with van der Waals surface area (Å²) in [6, 6.07) is 3.47. The topological polar surface area (TPSA) is 149 Å². The fourth-order valence-electron chi connectivity index (χ4n) is 3.32. The molecule has 15 heteroatoms. The minimum absolute atomic E-state index is 0.0975. The van der Waals surface area contributed by atoms with Gasteiger partial charge in [-0.05, 0) is 38.0 Å². The van der Waals surface area contributed by atoms with Gasteiger partial charge in [-0.2, -0.15) is 13.5 Å². The first-order valence-corrected chi connectivity index (χ1v) is 12.6. The number of benzene rings is 1. The number of nitrogens with zero attached hydrogens (tertiary/aromatic N) is 5. The van der Waals surface area contributed by atoms with E-state index in [0.29, 0.717) is 5.82 Å². The Hall–Kier alpha value is -3.52. The van der Waals surface area contributed by atoms with Gasteiger partial charge in [-0.25, -0.2) is 23.4 Å². The largest absolute Gasteiger partial charge is 0.354 e. The van der Waals surface area contributed by atoms with Gasteiger partial charge < -0.3 is 10.6 Å². The van der Waals surface area contributed by atoms with E-state index < -0.39 is 38.3 Å². The van der Waals surface area contributed by atoms with E-state index in [0.717, 1.165) is 31.0 Å². The van der Waals surface area contributed by atoms with Crippen molar-refractivity contribution in [2.75, 3.05) is 7.05 Å². The van der Waals surface area contributed by atoms with Crippen molar-refractivity contribution < 1.29 is 26.8 Å². The summed E-state index contributed by atoms with van der Waals surface area (Å²) in [4.78, 5) is 36.8. The number of nitrogens with one attached hydrogen (secondary N) is 2. The Morgan fingerprint density at radius 3 is 2.50 bits per heavy atom. The Labute approximate surface area is 209 Å². The molecular weight excluding hydrogens is 520 g/mol. The maximum absolute atomic E-state index is 13.0. The van der Waals surface area contributed by atoms with E-state index in [4.69, 9.17) is 11.6 Å². The van der Waals surface area contributed by atoms with Crippen molar-refractivity contribution in [1.82, 2.24) is 35.4 Å². The Kier molecular flexibility index (Phi) is 7.00. The number of sulfone groups is 1. The van der Waals surface area contributed by atoms with E-state index in [2.05, 4.69) is 30.7 Å². The average Bonchev–Trinajstić information content (AvgIpc) is 3.60. The first kappa shape index (κ1) is 25.6. The van der Waals surface area contributed by atoms with Gasteiger partial charge >= 0.3 is 5.76 Å². The summed E-state index contributed by atoms with van der Waals surface area (Å²) < 4.78 is 51.1. The summed E-state index contributed by atoms with van der Waals surface area (Å²) in [5.74, 6) is -3.65. The molecule has 0 spiro atoms. The molecule has 0 bridgehead atoms. The van der Waals surface area contributed by atoms with Gasteiger partial charge in [0.05, 0.1) is 10.9 Å².